The molecule has 3 rings (SSSR count). The molecular weight excluding hydrogens is 345 g/mol. The van der Waals surface area contributed by atoms with Crippen LogP contribution in [0.1, 0.15) is 24.2 Å². The van der Waals surface area contributed by atoms with Gasteiger partial charge in [0.15, 0.2) is 17.0 Å². The lowest BCUT2D eigenvalue weighted by atomic mass is 10.1. The van der Waals surface area contributed by atoms with Gasteiger partial charge in [-0.2, -0.15) is 0 Å². The second kappa shape index (κ2) is 7.08. The summed E-state index contributed by atoms with van der Waals surface area (Å²) in [7, 11) is 0. The summed E-state index contributed by atoms with van der Waals surface area (Å²) in [5.74, 6) is 3.77. The highest BCUT2D eigenvalue weighted by molar-refractivity contribution is 6.36. The summed E-state index contributed by atoms with van der Waals surface area (Å²) in [6, 6.07) is 5.43. The molecule has 0 saturated heterocycles. The zero-order valence-corrected chi connectivity index (χ0v) is 14.3. The van der Waals surface area contributed by atoms with Crippen molar-refractivity contribution >= 4 is 40.2 Å². The van der Waals surface area contributed by atoms with Crippen molar-refractivity contribution in [3.63, 3.8) is 0 Å². The summed E-state index contributed by atoms with van der Waals surface area (Å²) >= 11 is 12.6. The van der Waals surface area contributed by atoms with E-state index in [4.69, 9.17) is 35.4 Å². The van der Waals surface area contributed by atoms with Crippen molar-refractivity contribution in [3.05, 3.63) is 46.0 Å². The number of nitrogens with zero attached hydrogens (tertiary/aromatic N) is 4. The first-order valence-corrected chi connectivity index (χ1v) is 8.19. The van der Waals surface area contributed by atoms with E-state index in [-0.39, 0.29) is 0 Å². The molecule has 2 aromatic heterocycles. The first-order chi connectivity index (χ1) is 11.6. The molecule has 1 aromatic carbocycles. The van der Waals surface area contributed by atoms with Crippen LogP contribution in [0.3, 0.4) is 0 Å². The number of terminal acetylenes is 1. The van der Waals surface area contributed by atoms with Crippen molar-refractivity contribution < 1.29 is 0 Å². The molecule has 0 spiro atoms. The lowest BCUT2D eigenvalue weighted by Crippen LogP contribution is -2.06. The number of hydrogen-bond donors (Lipinski definition) is 1. The van der Waals surface area contributed by atoms with Gasteiger partial charge in [0, 0.05) is 29.4 Å². The lowest BCUT2D eigenvalue weighted by molar-refractivity contribution is 0.639. The molecule has 0 aliphatic heterocycles. The van der Waals surface area contributed by atoms with E-state index in [1.165, 1.54) is 6.33 Å². The van der Waals surface area contributed by atoms with E-state index in [0.29, 0.717) is 46.4 Å². The molecule has 0 fully saturated rings. The van der Waals surface area contributed by atoms with Gasteiger partial charge in [-0.15, -0.1) is 12.3 Å². The van der Waals surface area contributed by atoms with Crippen LogP contribution in [0, 0.1) is 12.3 Å². The molecular formula is C17H15Cl2N5. The van der Waals surface area contributed by atoms with Gasteiger partial charge < -0.3 is 10.3 Å². The molecule has 0 radical (unpaired) electrons. The summed E-state index contributed by atoms with van der Waals surface area (Å²) in [5.41, 5.74) is 8.03. The Kier molecular flexibility index (Phi) is 4.89. The SMILES string of the molecule is C#CCCCn1c(Cc2c(Cl)cccc2Cl)nc2c(N)ncnc21. The van der Waals surface area contributed by atoms with Crippen molar-refractivity contribution in [1.29, 1.82) is 0 Å². The van der Waals surface area contributed by atoms with E-state index in [2.05, 4.69) is 20.9 Å². The van der Waals surface area contributed by atoms with Gasteiger partial charge in [0.05, 0.1) is 0 Å². The Balaban J connectivity index is 2.07. The largest absolute Gasteiger partial charge is 0.382 e. The van der Waals surface area contributed by atoms with Gasteiger partial charge in [-0.3, -0.25) is 0 Å². The highest BCUT2D eigenvalue weighted by Gasteiger charge is 2.17. The van der Waals surface area contributed by atoms with Gasteiger partial charge in [-0.1, -0.05) is 29.3 Å². The summed E-state index contributed by atoms with van der Waals surface area (Å²) < 4.78 is 2.00. The highest BCUT2D eigenvalue weighted by Crippen LogP contribution is 2.28. The first kappa shape index (κ1) is 16.6. The molecule has 7 heteroatoms. The number of imidazole rings is 1. The third-order valence-corrected chi connectivity index (χ3v) is 4.45. The molecule has 2 N–H and O–H groups in total. The molecule has 0 unspecified atom stereocenters. The molecule has 0 aliphatic rings. The Morgan fingerprint density at radius 2 is 1.96 bits per heavy atom. The van der Waals surface area contributed by atoms with Gasteiger partial charge in [-0.25, -0.2) is 15.0 Å². The fourth-order valence-corrected chi connectivity index (χ4v) is 3.10. The highest BCUT2D eigenvalue weighted by atomic mass is 35.5. The predicted molar refractivity (Wildman–Crippen MR) is 97.1 cm³/mol. The van der Waals surface area contributed by atoms with Crippen molar-refractivity contribution in [2.45, 2.75) is 25.8 Å². The molecule has 0 atom stereocenters. The summed E-state index contributed by atoms with van der Waals surface area (Å²) in [4.78, 5) is 12.9. The zero-order valence-electron chi connectivity index (χ0n) is 12.8. The van der Waals surface area contributed by atoms with Crippen LogP contribution in [0.5, 0.6) is 0 Å². The molecule has 24 heavy (non-hydrogen) atoms. The van der Waals surface area contributed by atoms with Gasteiger partial charge in [0.25, 0.3) is 0 Å². The summed E-state index contributed by atoms with van der Waals surface area (Å²) in [6.45, 7) is 0.689. The summed E-state index contributed by atoms with van der Waals surface area (Å²) in [5, 5.41) is 1.20. The second-order valence-corrected chi connectivity index (χ2v) is 6.11. The average Bonchev–Trinajstić information content (AvgIpc) is 2.91. The Morgan fingerprint density at radius 3 is 2.67 bits per heavy atom. The number of rotatable bonds is 5. The van der Waals surface area contributed by atoms with Crippen molar-refractivity contribution in [2.24, 2.45) is 0 Å². The monoisotopic (exact) mass is 359 g/mol. The number of benzene rings is 1. The van der Waals surface area contributed by atoms with Gasteiger partial charge in [0.1, 0.15) is 12.2 Å². The maximum absolute atomic E-state index is 6.29. The molecule has 3 aromatic rings. The first-order valence-electron chi connectivity index (χ1n) is 7.43. The Hall–Kier alpha value is -2.29. The zero-order chi connectivity index (χ0) is 17.1. The van der Waals surface area contributed by atoms with E-state index < -0.39 is 0 Å². The quantitative estimate of drug-likeness (QED) is 0.556. The number of hydrogen-bond acceptors (Lipinski definition) is 4. The second-order valence-electron chi connectivity index (χ2n) is 5.30. The minimum absolute atomic E-state index is 0.349. The van der Waals surface area contributed by atoms with E-state index in [1.54, 1.807) is 0 Å². The van der Waals surface area contributed by atoms with Crippen molar-refractivity contribution in [2.75, 3.05) is 5.73 Å². The van der Waals surface area contributed by atoms with Gasteiger partial charge in [-0.05, 0) is 24.1 Å². The summed E-state index contributed by atoms with van der Waals surface area (Å²) in [6.07, 6.45) is 8.75. The van der Waals surface area contributed by atoms with Crippen LogP contribution in [0.4, 0.5) is 5.82 Å². The number of unbranched alkanes of at least 4 members (excludes halogenated alkanes) is 1. The Labute approximate surface area is 149 Å². The standard InChI is InChI=1S/C17H15Cl2N5/c1-2-3-4-8-24-14(9-11-12(18)6-5-7-13(11)19)23-15-16(20)21-10-22-17(15)24/h1,5-7,10H,3-4,8-9H2,(H2,20,21,22). The molecule has 0 bridgehead atoms. The van der Waals surface area contributed by atoms with E-state index in [0.717, 1.165) is 17.8 Å². The number of halogens is 2. The minimum atomic E-state index is 0.349. The Bertz CT molecular complexity index is 906. The molecule has 2 heterocycles. The smallest absolute Gasteiger partial charge is 0.165 e. The normalized spacial score (nSPS) is 10.9. The fraction of sp³-hybridized carbons (Fsp3) is 0.235. The van der Waals surface area contributed by atoms with Crippen LogP contribution in [-0.4, -0.2) is 19.5 Å². The van der Waals surface area contributed by atoms with Crippen LogP contribution in [0.15, 0.2) is 24.5 Å². The van der Waals surface area contributed by atoms with Crippen molar-refractivity contribution in [1.82, 2.24) is 19.5 Å². The third kappa shape index (κ3) is 3.16. The molecule has 122 valence electrons. The van der Waals surface area contributed by atoms with Crippen LogP contribution < -0.4 is 5.73 Å². The molecule has 5 nitrogen and oxygen atoms in total. The number of fused-ring (bicyclic) bond motifs is 1. The van der Waals surface area contributed by atoms with E-state index >= 15 is 0 Å². The van der Waals surface area contributed by atoms with Crippen LogP contribution in [-0.2, 0) is 13.0 Å². The lowest BCUT2D eigenvalue weighted by Gasteiger charge is -2.10. The minimum Gasteiger partial charge on any atom is -0.382 e. The van der Waals surface area contributed by atoms with Gasteiger partial charge in [0.2, 0.25) is 0 Å². The van der Waals surface area contributed by atoms with E-state index in [9.17, 15) is 0 Å². The number of aromatic nitrogens is 4. The topological polar surface area (TPSA) is 69.6 Å². The number of nitrogens with two attached hydrogens (primary N) is 1. The van der Waals surface area contributed by atoms with Crippen molar-refractivity contribution in [3.8, 4) is 12.3 Å². The molecule has 0 saturated carbocycles. The van der Waals surface area contributed by atoms with Gasteiger partial charge >= 0.3 is 0 Å². The van der Waals surface area contributed by atoms with Crippen LogP contribution in [0.25, 0.3) is 11.2 Å². The Morgan fingerprint density at radius 1 is 1.21 bits per heavy atom. The molecule has 0 aliphatic carbocycles. The number of nitrogen functional groups attached to an aromatic ring is 1. The number of aryl methyl sites for hydroxylation is 1. The predicted octanol–water partition coefficient (Wildman–Crippen LogP) is 3.72. The number of anilines is 1. The van der Waals surface area contributed by atoms with Crippen LogP contribution in [0.2, 0.25) is 10.0 Å². The average molecular weight is 360 g/mol. The third-order valence-electron chi connectivity index (χ3n) is 3.74. The van der Waals surface area contributed by atoms with Crippen LogP contribution >= 0.6 is 23.2 Å². The fourth-order valence-electron chi connectivity index (χ4n) is 2.57. The van der Waals surface area contributed by atoms with E-state index in [1.807, 2.05) is 22.8 Å². The maximum Gasteiger partial charge on any atom is 0.165 e. The molecule has 0 amide bonds. The maximum atomic E-state index is 6.29.